The molecule has 2 N–H and O–H groups in total. The maximum Gasteiger partial charge on any atom is 0.194 e. The monoisotopic (exact) mass is 215 g/mol. The lowest BCUT2D eigenvalue weighted by molar-refractivity contribution is 0.263. The predicted octanol–water partition coefficient (Wildman–Crippen LogP) is 2.90. The third-order valence-electron chi connectivity index (χ3n) is 3.05. The minimum Gasteiger partial charge on any atom is -0.324 e. The maximum atomic E-state index is 12.9. The molecule has 1 saturated carbocycles. The van der Waals surface area contributed by atoms with E-state index in [0.717, 1.165) is 31.4 Å². The van der Waals surface area contributed by atoms with Gasteiger partial charge in [0.15, 0.2) is 17.5 Å². The van der Waals surface area contributed by atoms with E-state index in [1.807, 2.05) is 0 Å². The number of hydrogen-bond acceptors (Lipinski definition) is 1. The first-order valence-electron chi connectivity index (χ1n) is 4.99. The fourth-order valence-electron chi connectivity index (χ4n) is 1.84. The molecule has 15 heavy (non-hydrogen) atoms. The van der Waals surface area contributed by atoms with E-state index >= 15 is 0 Å². The van der Waals surface area contributed by atoms with Gasteiger partial charge in [0.25, 0.3) is 0 Å². The Bertz CT molecular complexity index is 351. The molecular weight excluding hydrogens is 203 g/mol. The first-order chi connectivity index (χ1) is 7.09. The van der Waals surface area contributed by atoms with Crippen LogP contribution in [-0.4, -0.2) is 0 Å². The van der Waals surface area contributed by atoms with Gasteiger partial charge in [-0.3, -0.25) is 0 Å². The molecule has 1 fully saturated rings. The molecule has 1 aromatic rings. The van der Waals surface area contributed by atoms with Gasteiger partial charge in [-0.1, -0.05) is 6.42 Å². The van der Waals surface area contributed by atoms with Crippen molar-refractivity contribution in [2.45, 2.75) is 25.3 Å². The van der Waals surface area contributed by atoms with Crippen molar-refractivity contribution >= 4 is 0 Å². The minimum atomic E-state index is -1.43. The minimum absolute atomic E-state index is 0.272. The van der Waals surface area contributed by atoms with Gasteiger partial charge in [-0.2, -0.15) is 0 Å². The molecule has 0 aliphatic heterocycles. The largest absolute Gasteiger partial charge is 0.324 e. The van der Waals surface area contributed by atoms with E-state index in [4.69, 9.17) is 5.73 Å². The molecule has 0 heterocycles. The van der Waals surface area contributed by atoms with Crippen molar-refractivity contribution in [3.63, 3.8) is 0 Å². The predicted molar refractivity (Wildman–Crippen MR) is 50.6 cm³/mol. The summed E-state index contributed by atoms with van der Waals surface area (Å²) in [6, 6.07) is 1.59. The molecule has 2 rings (SSSR count). The zero-order valence-corrected chi connectivity index (χ0v) is 8.14. The highest BCUT2D eigenvalue weighted by atomic mass is 19.2. The summed E-state index contributed by atoms with van der Waals surface area (Å²) in [5.41, 5.74) is 6.18. The van der Waals surface area contributed by atoms with Crippen LogP contribution >= 0.6 is 0 Å². The summed E-state index contributed by atoms with van der Waals surface area (Å²) in [5, 5.41) is 0. The number of benzene rings is 1. The molecule has 1 nitrogen and oxygen atoms in total. The summed E-state index contributed by atoms with van der Waals surface area (Å²) >= 11 is 0. The smallest absolute Gasteiger partial charge is 0.194 e. The summed E-state index contributed by atoms with van der Waals surface area (Å²) in [5.74, 6) is -3.49. The number of rotatable bonds is 2. The van der Waals surface area contributed by atoms with Crippen molar-refractivity contribution in [1.29, 1.82) is 0 Å². The molecule has 4 heteroatoms. The van der Waals surface area contributed by atoms with Crippen LogP contribution in [0.3, 0.4) is 0 Å². The molecule has 0 aromatic heterocycles. The van der Waals surface area contributed by atoms with Crippen LogP contribution in [0.15, 0.2) is 12.1 Å². The van der Waals surface area contributed by atoms with Crippen LogP contribution in [0, 0.1) is 23.4 Å². The lowest BCUT2D eigenvalue weighted by Crippen LogP contribution is -2.27. The van der Waals surface area contributed by atoms with Crippen LogP contribution in [-0.2, 0) is 0 Å². The first kappa shape index (κ1) is 10.5. The number of hydrogen-bond donors (Lipinski definition) is 1. The van der Waals surface area contributed by atoms with Gasteiger partial charge in [0, 0.05) is 6.04 Å². The van der Waals surface area contributed by atoms with Crippen molar-refractivity contribution < 1.29 is 13.2 Å². The quantitative estimate of drug-likeness (QED) is 0.754. The van der Waals surface area contributed by atoms with Gasteiger partial charge in [0.2, 0.25) is 0 Å². The highest BCUT2D eigenvalue weighted by Crippen LogP contribution is 2.36. The fourth-order valence-corrected chi connectivity index (χ4v) is 1.84. The van der Waals surface area contributed by atoms with E-state index in [2.05, 4.69) is 0 Å². The number of halogens is 3. The average molecular weight is 215 g/mol. The second-order valence-corrected chi connectivity index (χ2v) is 4.02. The van der Waals surface area contributed by atoms with Crippen molar-refractivity contribution in [3.8, 4) is 0 Å². The molecule has 0 spiro atoms. The van der Waals surface area contributed by atoms with Crippen LogP contribution in [0.4, 0.5) is 13.2 Å². The van der Waals surface area contributed by atoms with E-state index in [1.165, 1.54) is 0 Å². The van der Waals surface area contributed by atoms with Gasteiger partial charge >= 0.3 is 0 Å². The Morgan fingerprint density at radius 2 is 1.67 bits per heavy atom. The summed E-state index contributed by atoms with van der Waals surface area (Å²) in [4.78, 5) is 0. The SMILES string of the molecule is N[C@@H](c1cc(F)c(F)c(F)c1)C1CCC1. The molecule has 1 aliphatic carbocycles. The molecule has 1 aromatic carbocycles. The molecule has 0 radical (unpaired) electrons. The first-order valence-corrected chi connectivity index (χ1v) is 4.99. The molecular formula is C11H12F3N. The highest BCUT2D eigenvalue weighted by molar-refractivity contribution is 5.23. The maximum absolute atomic E-state index is 12.9. The second-order valence-electron chi connectivity index (χ2n) is 4.02. The van der Waals surface area contributed by atoms with Crippen LogP contribution in [0.5, 0.6) is 0 Å². The van der Waals surface area contributed by atoms with Gasteiger partial charge in [-0.15, -0.1) is 0 Å². The van der Waals surface area contributed by atoms with E-state index in [9.17, 15) is 13.2 Å². The van der Waals surface area contributed by atoms with Gasteiger partial charge < -0.3 is 5.73 Å². The lowest BCUT2D eigenvalue weighted by Gasteiger charge is -2.31. The second kappa shape index (κ2) is 3.85. The molecule has 0 unspecified atom stereocenters. The Hall–Kier alpha value is -1.03. The topological polar surface area (TPSA) is 26.0 Å². The molecule has 82 valence electrons. The van der Waals surface area contributed by atoms with Gasteiger partial charge in [0.05, 0.1) is 0 Å². The van der Waals surface area contributed by atoms with E-state index in [-0.39, 0.29) is 12.0 Å². The van der Waals surface area contributed by atoms with Gasteiger partial charge in [0.1, 0.15) is 0 Å². The molecule has 0 bridgehead atoms. The summed E-state index contributed by atoms with van der Waals surface area (Å²) in [6.07, 6.45) is 3.05. The fraction of sp³-hybridized carbons (Fsp3) is 0.455. The van der Waals surface area contributed by atoms with Crippen molar-refractivity contribution in [2.75, 3.05) is 0 Å². The van der Waals surface area contributed by atoms with Gasteiger partial charge in [-0.25, -0.2) is 13.2 Å². The van der Waals surface area contributed by atoms with Crippen LogP contribution in [0.2, 0.25) is 0 Å². The standard InChI is InChI=1S/C11H12F3N/c12-8-4-7(5-9(13)10(8)14)11(15)6-2-1-3-6/h4-6,11H,1-3,15H2/t11-/m1/s1. The number of nitrogens with two attached hydrogens (primary N) is 1. The van der Waals surface area contributed by atoms with E-state index in [1.54, 1.807) is 0 Å². The third kappa shape index (κ3) is 1.86. The Labute approximate surface area is 86.1 Å². The van der Waals surface area contributed by atoms with Crippen molar-refractivity contribution in [3.05, 3.63) is 35.1 Å². The zero-order valence-electron chi connectivity index (χ0n) is 8.14. The average Bonchev–Trinajstić information content (AvgIpc) is 2.10. The Balaban J connectivity index is 2.27. The van der Waals surface area contributed by atoms with E-state index < -0.39 is 17.5 Å². The molecule has 0 amide bonds. The summed E-state index contributed by atoms with van der Waals surface area (Å²) in [6.45, 7) is 0. The lowest BCUT2D eigenvalue weighted by atomic mass is 9.77. The van der Waals surface area contributed by atoms with E-state index in [0.29, 0.717) is 5.56 Å². The van der Waals surface area contributed by atoms with Crippen LogP contribution in [0.1, 0.15) is 30.9 Å². The normalized spacial score (nSPS) is 18.7. The molecule has 1 aliphatic rings. The van der Waals surface area contributed by atoms with Crippen molar-refractivity contribution in [1.82, 2.24) is 0 Å². The van der Waals surface area contributed by atoms with Crippen LogP contribution in [0.25, 0.3) is 0 Å². The highest BCUT2D eigenvalue weighted by Gasteiger charge is 2.26. The zero-order chi connectivity index (χ0) is 11.0. The van der Waals surface area contributed by atoms with Gasteiger partial charge in [-0.05, 0) is 36.5 Å². The molecule has 0 saturated heterocycles. The summed E-state index contributed by atoms with van der Waals surface area (Å²) in [7, 11) is 0. The third-order valence-corrected chi connectivity index (χ3v) is 3.05. The Morgan fingerprint density at radius 1 is 1.13 bits per heavy atom. The molecule has 1 atom stereocenters. The van der Waals surface area contributed by atoms with Crippen LogP contribution < -0.4 is 5.73 Å². The summed E-state index contributed by atoms with van der Waals surface area (Å²) < 4.78 is 38.5. The Morgan fingerprint density at radius 3 is 2.07 bits per heavy atom. The Kier molecular flexibility index (Phi) is 2.69. The van der Waals surface area contributed by atoms with Crippen molar-refractivity contribution in [2.24, 2.45) is 11.7 Å².